The van der Waals surface area contributed by atoms with E-state index in [1.165, 1.54) is 6.07 Å². The van der Waals surface area contributed by atoms with E-state index < -0.39 is 17.3 Å². The van der Waals surface area contributed by atoms with Crippen LogP contribution in [0.15, 0.2) is 12.1 Å². The average Bonchev–Trinajstić information content (AvgIpc) is 2.27. The van der Waals surface area contributed by atoms with Gasteiger partial charge in [-0.2, -0.15) is 5.26 Å². The molecule has 0 atom stereocenters. The number of halogens is 1. The monoisotopic (exact) mass is 207 g/mol. The number of rotatable bonds is 2. The van der Waals surface area contributed by atoms with Crippen LogP contribution >= 0.6 is 0 Å². The van der Waals surface area contributed by atoms with Crippen molar-refractivity contribution in [3.63, 3.8) is 0 Å². The van der Waals surface area contributed by atoms with Crippen molar-refractivity contribution in [1.29, 1.82) is 5.26 Å². The van der Waals surface area contributed by atoms with Gasteiger partial charge in [-0.15, -0.1) is 0 Å². The smallest absolute Gasteiger partial charge is 0.342 e. The topological polar surface area (TPSA) is 67.2 Å². The number of hydrogen-bond donors (Lipinski definition) is 0. The molecule has 76 valence electrons. The van der Waals surface area contributed by atoms with Gasteiger partial charge in [-0.3, -0.25) is 4.79 Å². The predicted molar refractivity (Wildman–Crippen MR) is 47.8 cm³/mol. The van der Waals surface area contributed by atoms with Crippen LogP contribution in [0.5, 0.6) is 0 Å². The second kappa shape index (κ2) is 4.33. The van der Waals surface area contributed by atoms with Gasteiger partial charge < -0.3 is 4.74 Å². The number of aldehydes is 1. The summed E-state index contributed by atoms with van der Waals surface area (Å²) in [6, 6.07) is 3.97. The summed E-state index contributed by atoms with van der Waals surface area (Å²) in [6.07, 6.45) is 0.267. The highest BCUT2D eigenvalue weighted by molar-refractivity contribution is 5.94. The third-order valence-corrected chi connectivity index (χ3v) is 1.81. The highest BCUT2D eigenvalue weighted by atomic mass is 19.1. The first-order valence-corrected chi connectivity index (χ1v) is 3.91. The lowest BCUT2D eigenvalue weighted by molar-refractivity contribution is 0.0595. The van der Waals surface area contributed by atoms with Gasteiger partial charge in [0.25, 0.3) is 0 Å². The van der Waals surface area contributed by atoms with Crippen LogP contribution in [0.25, 0.3) is 0 Å². The molecule has 4 nitrogen and oxygen atoms in total. The van der Waals surface area contributed by atoms with Gasteiger partial charge >= 0.3 is 5.97 Å². The summed E-state index contributed by atoms with van der Waals surface area (Å²) in [5, 5.41) is 8.64. The minimum Gasteiger partial charge on any atom is -0.465 e. The number of carbonyl (C=O) groups is 2. The standard InChI is InChI=1S/C10H6FNO3/c1-15-10(14)8-6(4-12)2-3-7(5-13)9(8)11/h2-3,5H,1H3. The summed E-state index contributed by atoms with van der Waals surface area (Å²) in [6.45, 7) is 0. The summed E-state index contributed by atoms with van der Waals surface area (Å²) in [7, 11) is 1.07. The first kappa shape index (κ1) is 10.9. The number of ether oxygens (including phenoxy) is 1. The molecule has 5 heteroatoms. The van der Waals surface area contributed by atoms with E-state index in [1.807, 2.05) is 0 Å². The number of nitrogens with zero attached hydrogens (tertiary/aromatic N) is 1. The molecule has 0 radical (unpaired) electrons. The molecule has 0 saturated heterocycles. The first-order valence-electron chi connectivity index (χ1n) is 3.91. The molecule has 15 heavy (non-hydrogen) atoms. The van der Waals surface area contributed by atoms with Gasteiger partial charge in [0, 0.05) is 0 Å². The van der Waals surface area contributed by atoms with Gasteiger partial charge in [0.2, 0.25) is 0 Å². The Kier molecular flexibility index (Phi) is 3.13. The number of carbonyl (C=O) groups excluding carboxylic acids is 2. The fourth-order valence-electron chi connectivity index (χ4n) is 1.08. The Morgan fingerprint density at radius 3 is 2.73 bits per heavy atom. The van der Waals surface area contributed by atoms with Gasteiger partial charge in [0.15, 0.2) is 6.29 Å². The number of benzene rings is 1. The zero-order chi connectivity index (χ0) is 11.4. The van der Waals surface area contributed by atoms with Crippen molar-refractivity contribution in [1.82, 2.24) is 0 Å². The summed E-state index contributed by atoms with van der Waals surface area (Å²) in [5.74, 6) is -2.01. The predicted octanol–water partition coefficient (Wildman–Crippen LogP) is 1.30. The van der Waals surface area contributed by atoms with Gasteiger partial charge in [0.05, 0.1) is 18.2 Å². The number of esters is 1. The highest BCUT2D eigenvalue weighted by Gasteiger charge is 2.20. The minimum atomic E-state index is -1.03. The molecule has 1 aromatic rings. The van der Waals surface area contributed by atoms with E-state index in [-0.39, 0.29) is 17.4 Å². The molecule has 0 bridgehead atoms. The van der Waals surface area contributed by atoms with Crippen molar-refractivity contribution in [2.45, 2.75) is 0 Å². The molecular formula is C10H6FNO3. The average molecular weight is 207 g/mol. The first-order chi connectivity index (χ1) is 7.15. The maximum atomic E-state index is 13.5. The fourth-order valence-corrected chi connectivity index (χ4v) is 1.08. The van der Waals surface area contributed by atoms with Crippen molar-refractivity contribution >= 4 is 12.3 Å². The van der Waals surface area contributed by atoms with Gasteiger partial charge in [-0.1, -0.05) is 0 Å². The number of hydrogen-bond acceptors (Lipinski definition) is 4. The van der Waals surface area contributed by atoms with E-state index in [1.54, 1.807) is 6.07 Å². The molecule has 0 saturated carbocycles. The molecule has 0 aliphatic carbocycles. The molecule has 0 N–H and O–H groups in total. The van der Waals surface area contributed by atoms with Crippen LogP contribution in [0, 0.1) is 17.1 Å². The molecule has 0 heterocycles. The molecule has 0 aliphatic heterocycles. The van der Waals surface area contributed by atoms with Crippen LogP contribution < -0.4 is 0 Å². The van der Waals surface area contributed by atoms with Crippen LogP contribution in [-0.2, 0) is 4.74 Å². The molecule has 0 amide bonds. The van der Waals surface area contributed by atoms with E-state index in [2.05, 4.69) is 4.74 Å². The number of methoxy groups -OCH3 is 1. The molecule has 1 rings (SSSR count). The molecule has 0 unspecified atom stereocenters. The minimum absolute atomic E-state index is 0.162. The lowest BCUT2D eigenvalue weighted by Gasteiger charge is -2.04. The molecule has 0 aromatic heterocycles. The lowest BCUT2D eigenvalue weighted by Crippen LogP contribution is -2.09. The molecular weight excluding hydrogens is 201 g/mol. The summed E-state index contributed by atoms with van der Waals surface area (Å²) in [4.78, 5) is 21.6. The SMILES string of the molecule is COC(=O)c1c(C#N)ccc(C=O)c1F. The normalized spacial score (nSPS) is 9.13. The summed E-state index contributed by atoms with van der Waals surface area (Å²) >= 11 is 0. The Balaban J connectivity index is 3.51. The van der Waals surface area contributed by atoms with E-state index >= 15 is 0 Å². The maximum absolute atomic E-state index is 13.5. The zero-order valence-electron chi connectivity index (χ0n) is 7.78. The Bertz CT molecular complexity index is 462. The lowest BCUT2D eigenvalue weighted by atomic mass is 10.0. The fraction of sp³-hybridized carbons (Fsp3) is 0.100. The maximum Gasteiger partial charge on any atom is 0.342 e. The van der Waals surface area contributed by atoms with Crippen LogP contribution in [0.4, 0.5) is 4.39 Å². The Morgan fingerprint density at radius 2 is 2.27 bits per heavy atom. The van der Waals surface area contributed by atoms with E-state index in [0.29, 0.717) is 0 Å². The number of nitriles is 1. The van der Waals surface area contributed by atoms with Gasteiger partial charge in [-0.05, 0) is 12.1 Å². The molecule has 0 fully saturated rings. The largest absolute Gasteiger partial charge is 0.465 e. The van der Waals surface area contributed by atoms with Gasteiger partial charge in [0.1, 0.15) is 17.4 Å². The third-order valence-electron chi connectivity index (χ3n) is 1.81. The Morgan fingerprint density at radius 1 is 1.60 bits per heavy atom. The van der Waals surface area contributed by atoms with E-state index in [0.717, 1.165) is 13.2 Å². The van der Waals surface area contributed by atoms with Gasteiger partial charge in [-0.25, -0.2) is 9.18 Å². The van der Waals surface area contributed by atoms with Crippen LogP contribution in [0.1, 0.15) is 26.3 Å². The third kappa shape index (κ3) is 1.83. The molecule has 1 aromatic carbocycles. The van der Waals surface area contributed by atoms with Crippen molar-refractivity contribution < 1.29 is 18.7 Å². The van der Waals surface area contributed by atoms with E-state index in [4.69, 9.17) is 5.26 Å². The van der Waals surface area contributed by atoms with Crippen LogP contribution in [-0.4, -0.2) is 19.4 Å². The Hall–Kier alpha value is -2.22. The molecule has 0 spiro atoms. The van der Waals surface area contributed by atoms with Crippen LogP contribution in [0.2, 0.25) is 0 Å². The van der Waals surface area contributed by atoms with Crippen LogP contribution in [0.3, 0.4) is 0 Å². The summed E-state index contributed by atoms with van der Waals surface area (Å²) in [5.41, 5.74) is -0.955. The highest BCUT2D eigenvalue weighted by Crippen LogP contribution is 2.17. The molecule has 0 aliphatic rings. The quantitative estimate of drug-likeness (QED) is 0.541. The second-order valence-electron chi connectivity index (χ2n) is 2.61. The van der Waals surface area contributed by atoms with E-state index in [9.17, 15) is 14.0 Å². The van der Waals surface area contributed by atoms with Crippen molar-refractivity contribution in [3.05, 3.63) is 34.6 Å². The Labute approximate surface area is 84.9 Å². The van der Waals surface area contributed by atoms with Crippen molar-refractivity contribution in [2.24, 2.45) is 0 Å². The van der Waals surface area contributed by atoms with Crippen molar-refractivity contribution in [3.8, 4) is 6.07 Å². The van der Waals surface area contributed by atoms with Crippen molar-refractivity contribution in [2.75, 3.05) is 7.11 Å². The second-order valence-corrected chi connectivity index (χ2v) is 2.61. The zero-order valence-corrected chi connectivity index (χ0v) is 7.78. The summed E-state index contributed by atoms with van der Waals surface area (Å²) < 4.78 is 17.8.